The molecule has 3 aromatic heterocycles. The lowest BCUT2D eigenvalue weighted by atomic mass is 9.91. The number of nitrogens with zero attached hydrogens (tertiary/aromatic N) is 5. The normalized spacial score (nSPS) is 15.9. The first-order valence-electron chi connectivity index (χ1n) is 12.0. The van der Waals surface area contributed by atoms with Crippen LogP contribution in [0.3, 0.4) is 0 Å². The number of benzene rings is 1. The van der Waals surface area contributed by atoms with Gasteiger partial charge in [-0.15, -0.1) is 0 Å². The van der Waals surface area contributed by atoms with Crippen LogP contribution in [0.15, 0.2) is 42.6 Å². The first kappa shape index (κ1) is 23.8. The molecule has 4 aromatic rings. The largest absolute Gasteiger partial charge is 0.457 e. The van der Waals surface area contributed by atoms with E-state index >= 15 is 0 Å². The van der Waals surface area contributed by atoms with Gasteiger partial charge in [0.1, 0.15) is 17.3 Å². The van der Waals surface area contributed by atoms with Gasteiger partial charge in [0.15, 0.2) is 5.82 Å². The van der Waals surface area contributed by atoms with Gasteiger partial charge in [0, 0.05) is 56.1 Å². The van der Waals surface area contributed by atoms with E-state index in [0.717, 1.165) is 35.6 Å². The molecule has 1 aromatic carbocycles. The number of aryl methyl sites for hydroxylation is 1. The van der Waals surface area contributed by atoms with E-state index in [1.54, 1.807) is 18.3 Å². The molecule has 36 heavy (non-hydrogen) atoms. The number of aromatic nitrogens is 5. The van der Waals surface area contributed by atoms with Crippen LogP contribution in [0.5, 0.6) is 11.5 Å². The number of hydrogen-bond acceptors (Lipinski definition) is 7. The van der Waals surface area contributed by atoms with Gasteiger partial charge >= 0.3 is 0 Å². The van der Waals surface area contributed by atoms with Crippen molar-refractivity contribution in [1.29, 1.82) is 0 Å². The minimum Gasteiger partial charge on any atom is -0.457 e. The van der Waals surface area contributed by atoms with Crippen LogP contribution in [0.1, 0.15) is 45.9 Å². The van der Waals surface area contributed by atoms with E-state index < -0.39 is 0 Å². The molecule has 0 bridgehead atoms. The van der Waals surface area contributed by atoms with Crippen molar-refractivity contribution in [1.82, 2.24) is 24.3 Å². The molecule has 0 unspecified atom stereocenters. The van der Waals surface area contributed by atoms with Crippen molar-refractivity contribution >= 4 is 34.5 Å². The van der Waals surface area contributed by atoms with Gasteiger partial charge in [-0.05, 0) is 24.6 Å². The van der Waals surface area contributed by atoms with Crippen LogP contribution in [0, 0.1) is 0 Å². The quantitative estimate of drug-likeness (QED) is 0.396. The summed E-state index contributed by atoms with van der Waals surface area (Å²) < 4.78 is 15.7. The Labute approximate surface area is 209 Å². The third kappa shape index (κ3) is 4.90. The van der Waals surface area contributed by atoms with Crippen LogP contribution in [-0.2, 0) is 22.0 Å². The molecule has 10 nitrogen and oxygen atoms in total. The fourth-order valence-corrected chi connectivity index (χ4v) is 4.33. The molecule has 188 valence electrons. The van der Waals surface area contributed by atoms with Crippen LogP contribution < -0.4 is 15.4 Å². The van der Waals surface area contributed by atoms with Crippen LogP contribution in [0.4, 0.5) is 17.6 Å². The molecular formula is C26H31N7O3. The molecule has 0 aliphatic carbocycles. The number of fused-ring (bicyclic) bond motifs is 1. The Morgan fingerprint density at radius 1 is 1.14 bits per heavy atom. The molecule has 0 saturated carbocycles. The number of hydrogen-bond donors (Lipinski definition) is 2. The summed E-state index contributed by atoms with van der Waals surface area (Å²) in [5, 5.41) is 10.9. The summed E-state index contributed by atoms with van der Waals surface area (Å²) in [7, 11) is 1.95. The average molecular weight is 490 g/mol. The van der Waals surface area contributed by atoms with Crippen molar-refractivity contribution in [2.75, 3.05) is 23.8 Å². The second-order valence-corrected chi connectivity index (χ2v) is 10.1. The van der Waals surface area contributed by atoms with Gasteiger partial charge in [-0.2, -0.15) is 5.10 Å². The van der Waals surface area contributed by atoms with E-state index in [1.165, 1.54) is 6.92 Å². The topological polar surface area (TPSA) is 108 Å². The maximum atomic E-state index is 11.3. The molecule has 5 rings (SSSR count). The molecule has 1 aliphatic rings. The molecule has 1 amide bonds. The molecule has 10 heteroatoms. The highest BCUT2D eigenvalue weighted by molar-refractivity contribution is 5.87. The number of imidazole rings is 1. The fourth-order valence-electron chi connectivity index (χ4n) is 4.33. The number of carbonyl (C=O) groups is 1. The van der Waals surface area contributed by atoms with Gasteiger partial charge in [-0.3, -0.25) is 9.48 Å². The van der Waals surface area contributed by atoms with E-state index in [-0.39, 0.29) is 17.4 Å². The maximum absolute atomic E-state index is 11.3. The van der Waals surface area contributed by atoms with E-state index in [1.807, 2.05) is 29.8 Å². The predicted octanol–water partition coefficient (Wildman–Crippen LogP) is 4.92. The van der Waals surface area contributed by atoms with Crippen molar-refractivity contribution in [3.8, 4) is 11.5 Å². The summed E-state index contributed by atoms with van der Waals surface area (Å²) in [5.74, 6) is 2.91. The average Bonchev–Trinajstić information content (AvgIpc) is 3.54. The summed E-state index contributed by atoms with van der Waals surface area (Å²) in [6, 6.07) is 11.5. The van der Waals surface area contributed by atoms with Gasteiger partial charge in [-0.25, -0.2) is 9.97 Å². The molecule has 1 fully saturated rings. The number of amides is 1. The van der Waals surface area contributed by atoms with E-state index in [9.17, 15) is 4.79 Å². The lowest BCUT2D eigenvalue weighted by molar-refractivity contribution is -0.114. The zero-order valence-corrected chi connectivity index (χ0v) is 21.2. The summed E-state index contributed by atoms with van der Waals surface area (Å²) in [4.78, 5) is 20.2. The number of ether oxygens (including phenoxy) is 2. The summed E-state index contributed by atoms with van der Waals surface area (Å²) in [6.07, 6.45) is 2.55. The molecule has 0 radical (unpaired) electrons. The second kappa shape index (κ2) is 9.27. The third-order valence-corrected chi connectivity index (χ3v) is 6.12. The molecular weight excluding hydrogens is 458 g/mol. The highest BCUT2D eigenvalue weighted by Gasteiger charge is 2.28. The van der Waals surface area contributed by atoms with Crippen molar-refractivity contribution in [2.45, 2.75) is 45.6 Å². The first-order chi connectivity index (χ1) is 17.2. The molecule has 0 spiro atoms. The van der Waals surface area contributed by atoms with Crippen molar-refractivity contribution in [3.05, 3.63) is 48.3 Å². The number of nitrogens with one attached hydrogen (secondary N) is 2. The SMILES string of the molecule is CC(=O)Nc1cc(Oc2ccc3nc(Nc4cc(C(C)(C)C)n([C@@H]5CCOC5)n4)n(C)c3c2)ccn1. The van der Waals surface area contributed by atoms with Crippen molar-refractivity contribution in [3.63, 3.8) is 0 Å². The van der Waals surface area contributed by atoms with Crippen LogP contribution >= 0.6 is 0 Å². The molecule has 4 heterocycles. The first-order valence-corrected chi connectivity index (χ1v) is 12.0. The minimum atomic E-state index is -0.188. The van der Waals surface area contributed by atoms with Crippen LogP contribution in [-0.4, -0.2) is 43.4 Å². The Hall–Kier alpha value is -3.92. The van der Waals surface area contributed by atoms with Gasteiger partial charge < -0.3 is 24.7 Å². The monoisotopic (exact) mass is 489 g/mol. The Morgan fingerprint density at radius 2 is 1.94 bits per heavy atom. The Bertz CT molecular complexity index is 1410. The fraction of sp³-hybridized carbons (Fsp3) is 0.385. The van der Waals surface area contributed by atoms with Crippen LogP contribution in [0.2, 0.25) is 0 Å². The zero-order chi connectivity index (χ0) is 25.4. The lowest BCUT2D eigenvalue weighted by Crippen LogP contribution is -2.22. The molecule has 1 atom stereocenters. The maximum Gasteiger partial charge on any atom is 0.222 e. The summed E-state index contributed by atoms with van der Waals surface area (Å²) in [5.41, 5.74) is 2.85. The zero-order valence-electron chi connectivity index (χ0n) is 21.2. The van der Waals surface area contributed by atoms with E-state index in [2.05, 4.69) is 47.1 Å². The number of anilines is 3. The second-order valence-electron chi connectivity index (χ2n) is 10.1. The van der Waals surface area contributed by atoms with Crippen LogP contribution in [0.25, 0.3) is 11.0 Å². The highest BCUT2D eigenvalue weighted by Crippen LogP contribution is 2.32. The highest BCUT2D eigenvalue weighted by atomic mass is 16.5. The predicted molar refractivity (Wildman–Crippen MR) is 138 cm³/mol. The number of rotatable bonds is 6. The smallest absolute Gasteiger partial charge is 0.222 e. The van der Waals surface area contributed by atoms with Gasteiger partial charge in [0.2, 0.25) is 11.9 Å². The van der Waals surface area contributed by atoms with E-state index in [0.29, 0.717) is 29.9 Å². The summed E-state index contributed by atoms with van der Waals surface area (Å²) in [6.45, 7) is 9.47. The van der Waals surface area contributed by atoms with Gasteiger partial charge in [0.25, 0.3) is 0 Å². The number of pyridine rings is 1. The number of carbonyl (C=O) groups excluding carboxylic acids is 1. The van der Waals surface area contributed by atoms with Crippen molar-refractivity contribution < 1.29 is 14.3 Å². The Kier molecular flexibility index (Phi) is 6.13. The lowest BCUT2D eigenvalue weighted by Gasteiger charge is -2.22. The summed E-state index contributed by atoms with van der Waals surface area (Å²) >= 11 is 0. The molecule has 1 saturated heterocycles. The Balaban J connectivity index is 1.40. The van der Waals surface area contributed by atoms with Gasteiger partial charge in [0.05, 0.1) is 23.7 Å². The van der Waals surface area contributed by atoms with Gasteiger partial charge in [-0.1, -0.05) is 20.8 Å². The van der Waals surface area contributed by atoms with E-state index in [4.69, 9.17) is 19.6 Å². The Morgan fingerprint density at radius 3 is 2.67 bits per heavy atom. The standard InChI is InChI=1S/C26H31N7O3/c1-16(34)28-23-13-19(8-10-27-23)36-18-6-7-20-21(12-18)32(5)25(29-20)30-24-14-22(26(2,3)4)33(31-24)17-9-11-35-15-17/h6-8,10,12-14,17H,9,11,15H2,1-5H3,(H,27,28,34)(H,29,30,31)/t17-/m1/s1. The van der Waals surface area contributed by atoms with Crippen molar-refractivity contribution in [2.24, 2.45) is 7.05 Å². The minimum absolute atomic E-state index is 0.0547. The molecule has 2 N–H and O–H groups in total. The third-order valence-electron chi connectivity index (χ3n) is 6.12. The molecule has 1 aliphatic heterocycles.